The molecular formula is C8H5BrY-2. The molecule has 1 rings (SSSR count). The fourth-order valence-corrected chi connectivity index (χ4v) is 0.802. The largest absolute Gasteiger partial charge is 0.303 e. The van der Waals surface area contributed by atoms with Crippen molar-refractivity contribution in [1.29, 1.82) is 0 Å². The molecule has 1 radical (unpaired) electrons. The molecule has 0 atom stereocenters. The number of benzene rings is 1. The third-order valence-corrected chi connectivity index (χ3v) is 1.17. The zero-order chi connectivity index (χ0) is 6.53. The Morgan fingerprint density at radius 2 is 2.30 bits per heavy atom. The molecule has 0 unspecified atom stereocenters. The molecule has 1 aromatic rings. The first-order valence-electron chi connectivity index (χ1n) is 2.59. The van der Waals surface area contributed by atoms with Gasteiger partial charge < -0.3 is 11.6 Å². The van der Waals surface area contributed by atoms with Gasteiger partial charge in [-0.25, -0.2) is 28.1 Å². The fourth-order valence-electron chi connectivity index (χ4n) is 0.556. The topological polar surface area (TPSA) is 0 Å². The minimum atomic E-state index is 0. The van der Waals surface area contributed by atoms with Crippen molar-refractivity contribution in [1.82, 2.24) is 0 Å². The molecule has 0 aliphatic carbocycles. The first-order chi connectivity index (χ1) is 4.43. The molecule has 0 saturated carbocycles. The van der Waals surface area contributed by atoms with E-state index in [1.54, 1.807) is 0 Å². The van der Waals surface area contributed by atoms with Gasteiger partial charge in [-0.15, -0.1) is 6.07 Å². The SMILES string of the molecule is Br[C-]=Cc1[c-]cccc1.[Y]. The second kappa shape index (κ2) is 6.27. The maximum atomic E-state index is 3.06. The van der Waals surface area contributed by atoms with Crippen LogP contribution in [0, 0.1) is 11.1 Å². The molecule has 0 aromatic heterocycles. The van der Waals surface area contributed by atoms with Crippen LogP contribution in [0.2, 0.25) is 0 Å². The monoisotopic (exact) mass is 269 g/mol. The summed E-state index contributed by atoms with van der Waals surface area (Å²) in [6, 6.07) is 10.8. The Bertz CT molecular complexity index is 194. The van der Waals surface area contributed by atoms with E-state index in [-0.39, 0.29) is 32.7 Å². The Morgan fingerprint density at radius 1 is 1.50 bits per heavy atom. The summed E-state index contributed by atoms with van der Waals surface area (Å²) in [7, 11) is 0. The predicted octanol–water partition coefficient (Wildman–Crippen LogP) is 2.65. The van der Waals surface area contributed by atoms with E-state index in [1.807, 2.05) is 30.3 Å². The van der Waals surface area contributed by atoms with Gasteiger partial charge in [0.15, 0.2) is 0 Å². The first-order valence-corrected chi connectivity index (χ1v) is 3.39. The standard InChI is InChI=1S/C8H5Br.Y/c9-7-6-8-4-2-1-3-5-8;/h1-4,6H;/q-2;. The van der Waals surface area contributed by atoms with E-state index < -0.39 is 0 Å². The molecule has 0 saturated heterocycles. The van der Waals surface area contributed by atoms with Crippen LogP contribution in [0.3, 0.4) is 0 Å². The Balaban J connectivity index is 0.000000810. The molecule has 0 aliphatic rings. The first kappa shape index (κ1) is 10.5. The second-order valence-corrected chi connectivity index (χ2v) is 2.03. The van der Waals surface area contributed by atoms with Crippen molar-refractivity contribution in [3.05, 3.63) is 40.9 Å². The van der Waals surface area contributed by atoms with Crippen LogP contribution in [0.5, 0.6) is 0 Å². The predicted molar refractivity (Wildman–Crippen MR) is 41.9 cm³/mol. The van der Waals surface area contributed by atoms with Crippen LogP contribution in [0.1, 0.15) is 5.56 Å². The molecular weight excluding hydrogens is 265 g/mol. The van der Waals surface area contributed by atoms with E-state index in [1.165, 1.54) is 0 Å². The fraction of sp³-hybridized carbons (Fsp3) is 0. The van der Waals surface area contributed by atoms with Gasteiger partial charge in [0.2, 0.25) is 0 Å². The smallest absolute Gasteiger partial charge is 0 e. The summed E-state index contributed by atoms with van der Waals surface area (Å²) in [5, 5.41) is 0. The molecule has 0 amide bonds. The summed E-state index contributed by atoms with van der Waals surface area (Å²) >= 11 is 3.06. The van der Waals surface area contributed by atoms with Crippen LogP contribution >= 0.6 is 15.9 Å². The summed E-state index contributed by atoms with van der Waals surface area (Å²) in [6.07, 6.45) is 1.82. The maximum Gasteiger partial charge on any atom is 0 e. The van der Waals surface area contributed by atoms with Crippen molar-refractivity contribution in [2.45, 2.75) is 0 Å². The van der Waals surface area contributed by atoms with Gasteiger partial charge in [-0.3, -0.25) is 4.99 Å². The second-order valence-electron chi connectivity index (χ2n) is 1.57. The molecule has 0 nitrogen and oxygen atoms in total. The van der Waals surface area contributed by atoms with Crippen LogP contribution < -0.4 is 0 Å². The van der Waals surface area contributed by atoms with E-state index in [0.29, 0.717) is 0 Å². The molecule has 0 N–H and O–H groups in total. The average molecular weight is 270 g/mol. The van der Waals surface area contributed by atoms with Gasteiger partial charge in [0.25, 0.3) is 0 Å². The zero-order valence-electron chi connectivity index (χ0n) is 5.34. The summed E-state index contributed by atoms with van der Waals surface area (Å²) < 4.78 is 0. The van der Waals surface area contributed by atoms with Crippen molar-refractivity contribution in [2.75, 3.05) is 0 Å². The van der Waals surface area contributed by atoms with E-state index in [2.05, 4.69) is 27.0 Å². The van der Waals surface area contributed by atoms with Gasteiger partial charge in [-0.1, -0.05) is 0 Å². The number of halogens is 1. The normalized spacial score (nSPS) is 9.30. The third-order valence-electron chi connectivity index (χ3n) is 0.943. The zero-order valence-corrected chi connectivity index (χ0v) is 9.77. The van der Waals surface area contributed by atoms with Crippen LogP contribution in [0.4, 0.5) is 0 Å². The average Bonchev–Trinajstić information content (AvgIpc) is 1.91. The van der Waals surface area contributed by atoms with Crippen LogP contribution in [-0.4, -0.2) is 0 Å². The number of hydrogen-bond acceptors (Lipinski definition) is 0. The molecule has 10 heavy (non-hydrogen) atoms. The van der Waals surface area contributed by atoms with Crippen molar-refractivity contribution in [2.24, 2.45) is 0 Å². The summed E-state index contributed by atoms with van der Waals surface area (Å²) in [6.45, 7) is 0. The van der Waals surface area contributed by atoms with Gasteiger partial charge >= 0.3 is 0 Å². The van der Waals surface area contributed by atoms with E-state index in [9.17, 15) is 0 Å². The molecule has 0 spiro atoms. The molecule has 1 aromatic carbocycles. The van der Waals surface area contributed by atoms with Gasteiger partial charge in [0, 0.05) is 32.7 Å². The van der Waals surface area contributed by atoms with Crippen molar-refractivity contribution < 1.29 is 32.7 Å². The van der Waals surface area contributed by atoms with E-state index >= 15 is 0 Å². The summed E-state index contributed by atoms with van der Waals surface area (Å²) in [4.78, 5) is 2.74. The van der Waals surface area contributed by atoms with Crippen LogP contribution in [0.25, 0.3) is 6.08 Å². The number of hydrogen-bond donors (Lipinski definition) is 0. The molecule has 0 bridgehead atoms. The van der Waals surface area contributed by atoms with E-state index in [0.717, 1.165) is 5.56 Å². The van der Waals surface area contributed by atoms with Gasteiger partial charge in [-0.05, 0) is 0 Å². The number of rotatable bonds is 1. The Morgan fingerprint density at radius 3 is 2.80 bits per heavy atom. The van der Waals surface area contributed by atoms with Crippen LogP contribution in [0.15, 0.2) is 24.3 Å². The summed E-state index contributed by atoms with van der Waals surface area (Å²) in [5.41, 5.74) is 1.04. The molecule has 0 heterocycles. The Kier molecular flexibility index (Phi) is 6.61. The quantitative estimate of drug-likeness (QED) is 0.688. The van der Waals surface area contributed by atoms with Gasteiger partial charge in [-0.2, -0.15) is 12.1 Å². The Labute approximate surface area is 94.7 Å². The van der Waals surface area contributed by atoms with Crippen LogP contribution in [-0.2, 0) is 32.7 Å². The van der Waals surface area contributed by atoms with Crippen molar-refractivity contribution in [3.63, 3.8) is 0 Å². The molecule has 2 heteroatoms. The van der Waals surface area contributed by atoms with Crippen molar-refractivity contribution in [3.8, 4) is 0 Å². The maximum absolute atomic E-state index is 3.06. The van der Waals surface area contributed by atoms with Gasteiger partial charge in [0.1, 0.15) is 0 Å². The molecule has 0 aliphatic heterocycles. The minimum Gasteiger partial charge on any atom is -0.303 e. The minimum absolute atomic E-state index is 0. The van der Waals surface area contributed by atoms with E-state index in [4.69, 9.17) is 0 Å². The molecule has 0 fully saturated rings. The molecule has 49 valence electrons. The third kappa shape index (κ3) is 3.65. The van der Waals surface area contributed by atoms with Crippen molar-refractivity contribution >= 4 is 22.0 Å². The Hall–Kier alpha value is 0.544. The summed E-state index contributed by atoms with van der Waals surface area (Å²) in [5.74, 6) is 0. The van der Waals surface area contributed by atoms with Gasteiger partial charge in [0.05, 0.1) is 0 Å².